The molecule has 0 unspecified atom stereocenters. The lowest BCUT2D eigenvalue weighted by Gasteiger charge is -2.33. The highest BCUT2D eigenvalue weighted by Crippen LogP contribution is 2.36. The van der Waals surface area contributed by atoms with Crippen molar-refractivity contribution in [2.45, 2.75) is 37.0 Å². The van der Waals surface area contributed by atoms with Crippen molar-refractivity contribution in [2.24, 2.45) is 5.41 Å². The SMILES string of the molecule is O=C(O)C1(CNS(=O)(=O)c2cccc(Cl)c2)CCCCC1. The Morgan fingerprint density at radius 2 is 1.95 bits per heavy atom. The zero-order valence-electron chi connectivity index (χ0n) is 11.5. The molecule has 0 bridgehead atoms. The molecule has 0 aliphatic heterocycles. The first-order chi connectivity index (χ1) is 9.86. The van der Waals surface area contributed by atoms with Gasteiger partial charge in [-0.15, -0.1) is 0 Å². The van der Waals surface area contributed by atoms with Gasteiger partial charge in [0.05, 0.1) is 10.3 Å². The van der Waals surface area contributed by atoms with Gasteiger partial charge >= 0.3 is 5.97 Å². The van der Waals surface area contributed by atoms with Crippen LogP contribution in [0.4, 0.5) is 0 Å². The molecule has 0 heterocycles. The number of halogens is 1. The number of hydrogen-bond donors (Lipinski definition) is 2. The van der Waals surface area contributed by atoms with Crippen molar-refractivity contribution < 1.29 is 18.3 Å². The first kappa shape index (κ1) is 16.3. The second-order valence-electron chi connectivity index (χ2n) is 5.43. The molecule has 7 heteroatoms. The van der Waals surface area contributed by atoms with Gasteiger partial charge in [0.1, 0.15) is 0 Å². The van der Waals surface area contributed by atoms with Crippen LogP contribution in [-0.4, -0.2) is 26.0 Å². The molecule has 1 aromatic carbocycles. The number of carboxylic acids is 1. The van der Waals surface area contributed by atoms with Crippen LogP contribution in [0.25, 0.3) is 0 Å². The highest BCUT2D eigenvalue weighted by molar-refractivity contribution is 7.89. The highest BCUT2D eigenvalue weighted by atomic mass is 35.5. The summed E-state index contributed by atoms with van der Waals surface area (Å²) >= 11 is 5.79. The van der Waals surface area contributed by atoms with Crippen LogP contribution in [0, 0.1) is 5.41 Å². The van der Waals surface area contributed by atoms with Crippen LogP contribution in [0.15, 0.2) is 29.2 Å². The van der Waals surface area contributed by atoms with E-state index in [4.69, 9.17) is 11.6 Å². The van der Waals surface area contributed by atoms with Crippen LogP contribution >= 0.6 is 11.6 Å². The Labute approximate surface area is 129 Å². The molecule has 116 valence electrons. The molecule has 0 aromatic heterocycles. The Morgan fingerprint density at radius 1 is 1.29 bits per heavy atom. The molecular formula is C14H18ClNO4S. The Bertz CT molecular complexity index is 624. The van der Waals surface area contributed by atoms with Crippen molar-refractivity contribution in [3.8, 4) is 0 Å². The molecule has 1 fully saturated rings. The van der Waals surface area contributed by atoms with Crippen LogP contribution in [0.3, 0.4) is 0 Å². The van der Waals surface area contributed by atoms with Crippen LogP contribution in [-0.2, 0) is 14.8 Å². The molecule has 0 spiro atoms. The average molecular weight is 332 g/mol. The van der Waals surface area contributed by atoms with Crippen molar-refractivity contribution >= 4 is 27.6 Å². The zero-order chi connectivity index (χ0) is 15.5. The number of rotatable bonds is 5. The smallest absolute Gasteiger partial charge is 0.310 e. The first-order valence-electron chi connectivity index (χ1n) is 6.84. The predicted molar refractivity (Wildman–Crippen MR) is 79.8 cm³/mol. The van der Waals surface area contributed by atoms with Crippen molar-refractivity contribution in [3.63, 3.8) is 0 Å². The van der Waals surface area contributed by atoms with Crippen LogP contribution < -0.4 is 4.72 Å². The average Bonchev–Trinajstić information content (AvgIpc) is 2.46. The zero-order valence-corrected chi connectivity index (χ0v) is 13.1. The number of hydrogen-bond acceptors (Lipinski definition) is 3. The maximum atomic E-state index is 12.2. The van der Waals surface area contributed by atoms with Crippen molar-refractivity contribution in [3.05, 3.63) is 29.3 Å². The normalized spacial score (nSPS) is 18.3. The quantitative estimate of drug-likeness (QED) is 0.868. The minimum atomic E-state index is -3.75. The summed E-state index contributed by atoms with van der Waals surface area (Å²) in [6.07, 6.45) is 3.62. The number of aliphatic carboxylic acids is 1. The predicted octanol–water partition coefficient (Wildman–Crippen LogP) is 2.65. The molecule has 5 nitrogen and oxygen atoms in total. The van der Waals surface area contributed by atoms with Crippen molar-refractivity contribution in [1.82, 2.24) is 4.72 Å². The topological polar surface area (TPSA) is 83.5 Å². The molecule has 0 amide bonds. The third-order valence-corrected chi connectivity index (χ3v) is 5.61. The Morgan fingerprint density at radius 3 is 2.52 bits per heavy atom. The summed E-state index contributed by atoms with van der Waals surface area (Å²) in [6.45, 7) is -0.0861. The molecule has 1 aliphatic carbocycles. The summed E-state index contributed by atoms with van der Waals surface area (Å²) in [5, 5.41) is 9.77. The van der Waals surface area contributed by atoms with E-state index in [1.54, 1.807) is 12.1 Å². The minimum absolute atomic E-state index is 0.0475. The van der Waals surface area contributed by atoms with Crippen molar-refractivity contribution in [1.29, 1.82) is 0 Å². The fourth-order valence-electron chi connectivity index (χ4n) is 2.65. The summed E-state index contributed by atoms with van der Waals surface area (Å²) < 4.78 is 26.9. The fraction of sp³-hybridized carbons (Fsp3) is 0.500. The Hall–Kier alpha value is -1.11. The van der Waals surface area contributed by atoms with Crippen LogP contribution in [0.2, 0.25) is 5.02 Å². The number of carboxylic acid groups (broad SMARTS) is 1. The van der Waals surface area contributed by atoms with E-state index < -0.39 is 21.4 Å². The molecule has 1 aliphatic rings. The highest BCUT2D eigenvalue weighted by Gasteiger charge is 2.40. The maximum Gasteiger partial charge on any atom is 0.310 e. The number of benzene rings is 1. The molecule has 1 aromatic rings. The van der Waals surface area contributed by atoms with Gasteiger partial charge in [0.15, 0.2) is 0 Å². The van der Waals surface area contributed by atoms with E-state index in [9.17, 15) is 18.3 Å². The maximum absolute atomic E-state index is 12.2. The van der Waals surface area contributed by atoms with Crippen LogP contribution in [0.5, 0.6) is 0 Å². The van der Waals surface area contributed by atoms with E-state index in [-0.39, 0.29) is 11.4 Å². The number of sulfonamides is 1. The number of nitrogens with one attached hydrogen (secondary N) is 1. The van der Waals surface area contributed by atoms with Gasteiger partial charge in [-0.3, -0.25) is 4.79 Å². The monoisotopic (exact) mass is 331 g/mol. The van der Waals surface area contributed by atoms with Gasteiger partial charge < -0.3 is 5.11 Å². The molecule has 2 N–H and O–H groups in total. The second kappa shape index (κ2) is 6.34. The molecule has 0 radical (unpaired) electrons. The molecule has 2 rings (SSSR count). The van der Waals surface area contributed by atoms with Gasteiger partial charge in [0.25, 0.3) is 0 Å². The van der Waals surface area contributed by atoms with Gasteiger partial charge in [-0.05, 0) is 31.0 Å². The van der Waals surface area contributed by atoms with Gasteiger partial charge in [-0.1, -0.05) is 36.9 Å². The Balaban J connectivity index is 2.15. The van der Waals surface area contributed by atoms with Crippen molar-refractivity contribution in [2.75, 3.05) is 6.54 Å². The molecule has 21 heavy (non-hydrogen) atoms. The Kier molecular flexibility index (Phi) is 4.91. The van der Waals surface area contributed by atoms with E-state index >= 15 is 0 Å². The third-order valence-electron chi connectivity index (χ3n) is 3.97. The van der Waals surface area contributed by atoms with E-state index in [0.29, 0.717) is 17.9 Å². The molecule has 1 saturated carbocycles. The van der Waals surface area contributed by atoms with Gasteiger partial charge in [0.2, 0.25) is 10.0 Å². The second-order valence-corrected chi connectivity index (χ2v) is 7.63. The first-order valence-corrected chi connectivity index (χ1v) is 8.71. The largest absolute Gasteiger partial charge is 0.481 e. The summed E-state index contributed by atoms with van der Waals surface area (Å²) in [7, 11) is -3.75. The summed E-state index contributed by atoms with van der Waals surface area (Å²) in [5.74, 6) is -0.934. The minimum Gasteiger partial charge on any atom is -0.481 e. The van der Waals surface area contributed by atoms with E-state index in [2.05, 4.69) is 4.72 Å². The summed E-state index contributed by atoms with van der Waals surface area (Å²) in [6, 6.07) is 5.91. The van der Waals surface area contributed by atoms with Gasteiger partial charge in [-0.2, -0.15) is 0 Å². The van der Waals surface area contributed by atoms with E-state index in [0.717, 1.165) is 19.3 Å². The summed E-state index contributed by atoms with van der Waals surface area (Å²) in [4.78, 5) is 11.6. The van der Waals surface area contributed by atoms with Crippen LogP contribution in [0.1, 0.15) is 32.1 Å². The van der Waals surface area contributed by atoms with E-state index in [1.807, 2.05) is 0 Å². The standard InChI is InChI=1S/C14H18ClNO4S/c15-11-5-4-6-12(9-11)21(19,20)16-10-14(13(17)18)7-2-1-3-8-14/h4-6,9,16H,1-3,7-8,10H2,(H,17,18). The van der Waals surface area contributed by atoms with E-state index in [1.165, 1.54) is 12.1 Å². The lowest BCUT2D eigenvalue weighted by molar-refractivity contribution is -0.150. The lowest BCUT2D eigenvalue weighted by Crippen LogP contribution is -2.44. The molecule has 0 saturated heterocycles. The summed E-state index contributed by atoms with van der Waals surface area (Å²) in [5.41, 5.74) is -0.996. The molecule has 0 atom stereocenters. The lowest BCUT2D eigenvalue weighted by atomic mass is 9.74. The molecular weight excluding hydrogens is 314 g/mol. The van der Waals surface area contributed by atoms with Gasteiger partial charge in [-0.25, -0.2) is 13.1 Å². The third kappa shape index (κ3) is 3.75. The van der Waals surface area contributed by atoms with Gasteiger partial charge in [0, 0.05) is 11.6 Å². The number of carbonyl (C=O) groups is 1. The fourth-order valence-corrected chi connectivity index (χ4v) is 4.07.